The smallest absolute Gasteiger partial charge is 0.255 e. The first-order valence-electron chi connectivity index (χ1n) is 5.97. The molecule has 1 amide bonds. The molecule has 0 unspecified atom stereocenters. The Morgan fingerprint density at radius 2 is 1.89 bits per heavy atom. The summed E-state index contributed by atoms with van der Waals surface area (Å²) in [5, 5.41) is 3.43. The number of nitrogens with one attached hydrogen (secondary N) is 1. The van der Waals surface area contributed by atoms with E-state index < -0.39 is 0 Å². The molecule has 2 aromatic carbocycles. The van der Waals surface area contributed by atoms with Gasteiger partial charge in [-0.05, 0) is 42.3 Å². The number of carbonyl (C=O) groups is 1. The summed E-state index contributed by atoms with van der Waals surface area (Å²) in [4.78, 5) is 12.1. The van der Waals surface area contributed by atoms with Crippen molar-refractivity contribution in [1.29, 1.82) is 0 Å². The van der Waals surface area contributed by atoms with Gasteiger partial charge in [-0.1, -0.05) is 29.8 Å². The van der Waals surface area contributed by atoms with Crippen molar-refractivity contribution in [2.24, 2.45) is 5.73 Å². The van der Waals surface area contributed by atoms with Gasteiger partial charge in [0.2, 0.25) is 0 Å². The van der Waals surface area contributed by atoms with Crippen LogP contribution < -0.4 is 11.1 Å². The number of hydrogen-bond acceptors (Lipinski definition) is 2. The minimum Gasteiger partial charge on any atom is -0.326 e. The third-order valence-corrected chi connectivity index (χ3v) is 3.37. The van der Waals surface area contributed by atoms with E-state index in [2.05, 4.69) is 5.32 Å². The van der Waals surface area contributed by atoms with Gasteiger partial charge in [-0.15, -0.1) is 0 Å². The quantitative estimate of drug-likeness (QED) is 0.902. The van der Waals surface area contributed by atoms with Gasteiger partial charge in [-0.25, -0.2) is 0 Å². The van der Waals surface area contributed by atoms with Crippen LogP contribution in [-0.4, -0.2) is 5.91 Å². The van der Waals surface area contributed by atoms with Crippen LogP contribution in [0.15, 0.2) is 42.5 Å². The van der Waals surface area contributed by atoms with Crippen LogP contribution in [-0.2, 0) is 6.54 Å². The van der Waals surface area contributed by atoms with Crippen molar-refractivity contribution in [3.8, 4) is 0 Å². The van der Waals surface area contributed by atoms with Crippen LogP contribution in [0.25, 0.3) is 0 Å². The molecule has 4 heteroatoms. The maximum absolute atomic E-state index is 12.1. The molecule has 3 nitrogen and oxygen atoms in total. The monoisotopic (exact) mass is 274 g/mol. The highest BCUT2D eigenvalue weighted by atomic mass is 35.5. The molecule has 0 radical (unpaired) electrons. The fourth-order valence-electron chi connectivity index (χ4n) is 1.78. The van der Waals surface area contributed by atoms with Gasteiger partial charge < -0.3 is 11.1 Å². The Balaban J connectivity index is 2.18. The Kier molecular flexibility index (Phi) is 4.20. The molecular weight excluding hydrogens is 260 g/mol. The van der Waals surface area contributed by atoms with Gasteiger partial charge in [0.05, 0.1) is 0 Å². The minimum absolute atomic E-state index is 0.166. The predicted molar refractivity (Wildman–Crippen MR) is 78.5 cm³/mol. The Hall–Kier alpha value is -1.84. The van der Waals surface area contributed by atoms with E-state index in [-0.39, 0.29) is 5.91 Å². The number of hydrogen-bond donors (Lipinski definition) is 2. The van der Waals surface area contributed by atoms with Crippen LogP contribution in [0.5, 0.6) is 0 Å². The summed E-state index contributed by atoms with van der Waals surface area (Å²) >= 11 is 6.01. The Labute approximate surface area is 117 Å². The lowest BCUT2D eigenvalue weighted by molar-refractivity contribution is 0.102. The van der Waals surface area contributed by atoms with Crippen LogP contribution in [0.4, 0.5) is 5.69 Å². The SMILES string of the molecule is Cc1c(Cl)cccc1C(=O)Nc1ccc(CN)cc1. The fourth-order valence-corrected chi connectivity index (χ4v) is 1.95. The van der Waals surface area contributed by atoms with Gasteiger partial charge in [0.15, 0.2) is 0 Å². The van der Waals surface area contributed by atoms with Crippen LogP contribution in [0.3, 0.4) is 0 Å². The van der Waals surface area contributed by atoms with Crippen molar-refractivity contribution in [1.82, 2.24) is 0 Å². The van der Waals surface area contributed by atoms with Crippen LogP contribution in [0, 0.1) is 6.92 Å². The number of amides is 1. The highest BCUT2D eigenvalue weighted by Gasteiger charge is 2.10. The second-order valence-corrected chi connectivity index (χ2v) is 4.67. The lowest BCUT2D eigenvalue weighted by atomic mass is 10.1. The van der Waals surface area contributed by atoms with E-state index in [0.717, 1.165) is 16.8 Å². The molecular formula is C15H15ClN2O. The number of rotatable bonds is 3. The first kappa shape index (κ1) is 13.6. The number of nitrogens with two attached hydrogens (primary N) is 1. The second kappa shape index (κ2) is 5.87. The molecule has 0 aliphatic rings. The molecule has 2 aromatic rings. The van der Waals surface area contributed by atoms with Gasteiger partial charge in [0.1, 0.15) is 0 Å². The van der Waals surface area contributed by atoms with E-state index in [9.17, 15) is 4.79 Å². The van der Waals surface area contributed by atoms with E-state index in [1.54, 1.807) is 18.2 Å². The number of anilines is 1. The highest BCUT2D eigenvalue weighted by molar-refractivity contribution is 6.32. The largest absolute Gasteiger partial charge is 0.326 e. The summed E-state index contributed by atoms with van der Waals surface area (Å²) in [6, 6.07) is 12.7. The topological polar surface area (TPSA) is 55.1 Å². The molecule has 0 saturated heterocycles. The van der Waals surface area contributed by atoms with E-state index in [1.165, 1.54) is 0 Å². The van der Waals surface area contributed by atoms with E-state index in [1.807, 2.05) is 31.2 Å². The zero-order chi connectivity index (χ0) is 13.8. The molecule has 2 rings (SSSR count). The molecule has 0 aliphatic carbocycles. The molecule has 0 aliphatic heterocycles. The van der Waals surface area contributed by atoms with Crippen LogP contribution in [0.2, 0.25) is 5.02 Å². The summed E-state index contributed by atoms with van der Waals surface area (Å²) < 4.78 is 0. The van der Waals surface area contributed by atoms with Crippen molar-refractivity contribution >= 4 is 23.2 Å². The van der Waals surface area contributed by atoms with Gasteiger partial charge in [-0.3, -0.25) is 4.79 Å². The third kappa shape index (κ3) is 3.13. The standard InChI is InChI=1S/C15H15ClN2O/c1-10-13(3-2-4-14(10)16)15(19)18-12-7-5-11(9-17)6-8-12/h2-8H,9,17H2,1H3,(H,18,19). The number of carbonyl (C=O) groups excluding carboxylic acids is 1. The molecule has 0 heterocycles. The summed E-state index contributed by atoms with van der Waals surface area (Å²) in [7, 11) is 0. The lowest BCUT2D eigenvalue weighted by Gasteiger charge is -2.09. The number of halogens is 1. The summed E-state index contributed by atoms with van der Waals surface area (Å²) in [5.41, 5.74) is 8.65. The van der Waals surface area contributed by atoms with Gasteiger partial charge in [0, 0.05) is 22.8 Å². The van der Waals surface area contributed by atoms with Crippen molar-refractivity contribution in [2.75, 3.05) is 5.32 Å². The second-order valence-electron chi connectivity index (χ2n) is 4.27. The van der Waals surface area contributed by atoms with Crippen molar-refractivity contribution in [2.45, 2.75) is 13.5 Å². The molecule has 98 valence electrons. The zero-order valence-electron chi connectivity index (χ0n) is 10.6. The van der Waals surface area contributed by atoms with Gasteiger partial charge in [0.25, 0.3) is 5.91 Å². The number of benzene rings is 2. The maximum atomic E-state index is 12.1. The Morgan fingerprint density at radius 3 is 2.53 bits per heavy atom. The molecule has 0 atom stereocenters. The molecule has 0 bridgehead atoms. The van der Waals surface area contributed by atoms with Crippen molar-refractivity contribution in [3.63, 3.8) is 0 Å². The van der Waals surface area contributed by atoms with Crippen molar-refractivity contribution in [3.05, 3.63) is 64.2 Å². The molecule has 0 spiro atoms. The van der Waals surface area contributed by atoms with E-state index >= 15 is 0 Å². The Bertz CT molecular complexity index is 594. The average Bonchev–Trinajstić information content (AvgIpc) is 2.42. The molecule has 0 aromatic heterocycles. The summed E-state index contributed by atoms with van der Waals surface area (Å²) in [6.45, 7) is 2.32. The molecule has 0 saturated carbocycles. The molecule has 3 N–H and O–H groups in total. The first-order chi connectivity index (χ1) is 9.11. The minimum atomic E-state index is -0.166. The van der Waals surface area contributed by atoms with Crippen LogP contribution >= 0.6 is 11.6 Å². The molecule has 19 heavy (non-hydrogen) atoms. The van der Waals surface area contributed by atoms with Crippen LogP contribution in [0.1, 0.15) is 21.5 Å². The average molecular weight is 275 g/mol. The summed E-state index contributed by atoms with van der Waals surface area (Å²) in [6.07, 6.45) is 0. The lowest BCUT2D eigenvalue weighted by Crippen LogP contribution is -2.13. The van der Waals surface area contributed by atoms with E-state index in [0.29, 0.717) is 17.1 Å². The van der Waals surface area contributed by atoms with Gasteiger partial charge >= 0.3 is 0 Å². The highest BCUT2D eigenvalue weighted by Crippen LogP contribution is 2.20. The van der Waals surface area contributed by atoms with Crippen molar-refractivity contribution < 1.29 is 4.79 Å². The summed E-state index contributed by atoms with van der Waals surface area (Å²) in [5.74, 6) is -0.166. The normalized spacial score (nSPS) is 10.3. The third-order valence-electron chi connectivity index (χ3n) is 2.96. The maximum Gasteiger partial charge on any atom is 0.255 e. The fraction of sp³-hybridized carbons (Fsp3) is 0.133. The predicted octanol–water partition coefficient (Wildman–Crippen LogP) is 3.36. The molecule has 0 fully saturated rings. The van der Waals surface area contributed by atoms with Gasteiger partial charge in [-0.2, -0.15) is 0 Å². The van der Waals surface area contributed by atoms with E-state index in [4.69, 9.17) is 17.3 Å². The Morgan fingerprint density at radius 1 is 1.21 bits per heavy atom. The zero-order valence-corrected chi connectivity index (χ0v) is 11.4. The first-order valence-corrected chi connectivity index (χ1v) is 6.35.